The first-order chi connectivity index (χ1) is 7.54. The van der Waals surface area contributed by atoms with Gasteiger partial charge in [-0.05, 0) is 38.6 Å². The zero-order chi connectivity index (χ0) is 12.4. The highest BCUT2D eigenvalue weighted by atomic mass is 16.5. The number of nitrogens with one attached hydrogen (secondary N) is 1. The third-order valence-electron chi connectivity index (χ3n) is 2.67. The number of hydrogen-bond donors (Lipinski definition) is 2. The third kappa shape index (κ3) is 8.08. The van der Waals surface area contributed by atoms with E-state index in [0.717, 1.165) is 39.0 Å². The minimum Gasteiger partial charge on any atom is -0.394 e. The highest BCUT2D eigenvalue weighted by molar-refractivity contribution is 4.81. The van der Waals surface area contributed by atoms with Crippen molar-refractivity contribution in [1.82, 2.24) is 5.32 Å². The molecule has 0 aliphatic carbocycles. The summed E-state index contributed by atoms with van der Waals surface area (Å²) in [5.74, 6) is 0.615. The molecule has 16 heavy (non-hydrogen) atoms. The summed E-state index contributed by atoms with van der Waals surface area (Å²) in [6, 6.07) is 0. The van der Waals surface area contributed by atoms with Crippen molar-refractivity contribution in [2.24, 2.45) is 5.92 Å². The van der Waals surface area contributed by atoms with Gasteiger partial charge in [-0.25, -0.2) is 0 Å². The van der Waals surface area contributed by atoms with E-state index in [1.54, 1.807) is 0 Å². The molecule has 0 aliphatic rings. The Bertz CT molecular complexity index is 162. The summed E-state index contributed by atoms with van der Waals surface area (Å²) in [4.78, 5) is 0. The summed E-state index contributed by atoms with van der Waals surface area (Å²) < 4.78 is 5.52. The van der Waals surface area contributed by atoms with E-state index in [4.69, 9.17) is 4.74 Å². The van der Waals surface area contributed by atoms with E-state index in [0.29, 0.717) is 5.92 Å². The maximum atomic E-state index is 9.30. The van der Waals surface area contributed by atoms with Gasteiger partial charge in [-0.3, -0.25) is 0 Å². The second-order valence-corrected chi connectivity index (χ2v) is 5.17. The number of ether oxygens (including phenoxy) is 1. The first-order valence-electron chi connectivity index (χ1n) is 6.47. The number of likely N-dealkylation sites (N-methyl/N-ethyl adjacent to an activating group) is 1. The molecule has 1 atom stereocenters. The Balaban J connectivity index is 3.48. The fourth-order valence-corrected chi connectivity index (χ4v) is 1.69. The Morgan fingerprint density at radius 1 is 1.31 bits per heavy atom. The largest absolute Gasteiger partial charge is 0.394 e. The topological polar surface area (TPSA) is 41.5 Å². The van der Waals surface area contributed by atoms with Crippen molar-refractivity contribution >= 4 is 0 Å². The van der Waals surface area contributed by atoms with Gasteiger partial charge < -0.3 is 15.2 Å². The van der Waals surface area contributed by atoms with Gasteiger partial charge in [0, 0.05) is 18.8 Å². The van der Waals surface area contributed by atoms with Gasteiger partial charge >= 0.3 is 0 Å². The molecule has 0 aromatic rings. The lowest BCUT2D eigenvalue weighted by molar-refractivity contribution is 0.102. The van der Waals surface area contributed by atoms with E-state index in [1.165, 1.54) is 0 Å². The Kier molecular flexibility index (Phi) is 8.90. The molecule has 0 rings (SSSR count). The molecule has 98 valence electrons. The zero-order valence-electron chi connectivity index (χ0n) is 11.4. The van der Waals surface area contributed by atoms with E-state index in [1.807, 2.05) is 0 Å². The Morgan fingerprint density at radius 2 is 2.00 bits per heavy atom. The first-order valence-corrected chi connectivity index (χ1v) is 6.47. The van der Waals surface area contributed by atoms with Crippen LogP contribution in [-0.2, 0) is 4.74 Å². The van der Waals surface area contributed by atoms with E-state index >= 15 is 0 Å². The first kappa shape index (κ1) is 15.9. The molecule has 0 fully saturated rings. The highest BCUT2D eigenvalue weighted by Crippen LogP contribution is 2.13. The van der Waals surface area contributed by atoms with E-state index in [2.05, 4.69) is 33.0 Å². The van der Waals surface area contributed by atoms with Crippen LogP contribution in [0.25, 0.3) is 0 Å². The predicted octanol–water partition coefficient (Wildman–Crippen LogP) is 2.19. The summed E-state index contributed by atoms with van der Waals surface area (Å²) in [6.45, 7) is 11.3. The molecular formula is C13H29NO2. The fraction of sp³-hybridized carbons (Fsp3) is 1.00. The van der Waals surface area contributed by atoms with Gasteiger partial charge in [-0.1, -0.05) is 20.8 Å². The van der Waals surface area contributed by atoms with Gasteiger partial charge in [-0.15, -0.1) is 0 Å². The second kappa shape index (κ2) is 8.97. The molecule has 1 unspecified atom stereocenters. The van der Waals surface area contributed by atoms with Gasteiger partial charge in [0.2, 0.25) is 0 Å². The summed E-state index contributed by atoms with van der Waals surface area (Å²) >= 11 is 0. The lowest BCUT2D eigenvalue weighted by Crippen LogP contribution is -2.45. The molecule has 0 bridgehead atoms. The van der Waals surface area contributed by atoms with Crippen LogP contribution in [0.3, 0.4) is 0 Å². The summed E-state index contributed by atoms with van der Waals surface area (Å²) in [5.41, 5.74) is -0.118. The summed E-state index contributed by atoms with van der Waals surface area (Å²) in [5, 5.41) is 12.6. The average molecular weight is 231 g/mol. The average Bonchev–Trinajstić information content (AvgIpc) is 2.23. The van der Waals surface area contributed by atoms with Crippen molar-refractivity contribution in [2.75, 3.05) is 26.4 Å². The van der Waals surface area contributed by atoms with Crippen molar-refractivity contribution in [3.05, 3.63) is 0 Å². The Morgan fingerprint density at radius 3 is 2.50 bits per heavy atom. The summed E-state index contributed by atoms with van der Waals surface area (Å²) in [6.07, 6.45) is 3.18. The lowest BCUT2D eigenvalue weighted by atomic mass is 9.96. The SMILES string of the molecule is CCNC(C)(CO)CCCCOCC(C)C. The van der Waals surface area contributed by atoms with Crippen molar-refractivity contribution < 1.29 is 9.84 Å². The number of hydrogen-bond acceptors (Lipinski definition) is 3. The van der Waals surface area contributed by atoms with Crippen molar-refractivity contribution in [3.8, 4) is 0 Å². The van der Waals surface area contributed by atoms with Gasteiger partial charge in [0.25, 0.3) is 0 Å². The van der Waals surface area contributed by atoms with Crippen LogP contribution in [0.4, 0.5) is 0 Å². The maximum Gasteiger partial charge on any atom is 0.0610 e. The smallest absolute Gasteiger partial charge is 0.0610 e. The van der Waals surface area contributed by atoms with Gasteiger partial charge in [-0.2, -0.15) is 0 Å². The molecule has 3 nitrogen and oxygen atoms in total. The summed E-state index contributed by atoms with van der Waals surface area (Å²) in [7, 11) is 0. The molecule has 0 aliphatic heterocycles. The van der Waals surface area contributed by atoms with E-state index in [9.17, 15) is 5.11 Å². The van der Waals surface area contributed by atoms with Crippen LogP contribution < -0.4 is 5.32 Å². The normalized spacial score (nSPS) is 15.4. The molecule has 0 saturated carbocycles. The maximum absolute atomic E-state index is 9.30. The quantitative estimate of drug-likeness (QED) is 0.566. The fourth-order valence-electron chi connectivity index (χ4n) is 1.69. The second-order valence-electron chi connectivity index (χ2n) is 5.17. The number of aliphatic hydroxyl groups excluding tert-OH is 1. The predicted molar refractivity (Wildman–Crippen MR) is 68.7 cm³/mol. The minimum absolute atomic E-state index is 0.118. The van der Waals surface area contributed by atoms with Crippen LogP contribution >= 0.6 is 0 Å². The van der Waals surface area contributed by atoms with Crippen LogP contribution in [0.15, 0.2) is 0 Å². The number of unbranched alkanes of at least 4 members (excludes halogenated alkanes) is 1. The molecule has 0 heterocycles. The number of aliphatic hydroxyl groups is 1. The monoisotopic (exact) mass is 231 g/mol. The lowest BCUT2D eigenvalue weighted by Gasteiger charge is -2.28. The highest BCUT2D eigenvalue weighted by Gasteiger charge is 2.20. The molecule has 2 N–H and O–H groups in total. The van der Waals surface area contributed by atoms with Crippen LogP contribution in [0, 0.1) is 5.92 Å². The Labute approximate surface area is 101 Å². The van der Waals surface area contributed by atoms with E-state index in [-0.39, 0.29) is 12.1 Å². The molecule has 3 heteroatoms. The molecular weight excluding hydrogens is 202 g/mol. The zero-order valence-corrected chi connectivity index (χ0v) is 11.4. The van der Waals surface area contributed by atoms with Crippen LogP contribution in [0.5, 0.6) is 0 Å². The molecule has 0 amide bonds. The molecule has 0 spiro atoms. The molecule has 0 radical (unpaired) electrons. The van der Waals surface area contributed by atoms with Gasteiger partial charge in [0.15, 0.2) is 0 Å². The van der Waals surface area contributed by atoms with Crippen LogP contribution in [0.1, 0.15) is 47.0 Å². The van der Waals surface area contributed by atoms with Gasteiger partial charge in [0.05, 0.1) is 6.61 Å². The van der Waals surface area contributed by atoms with E-state index < -0.39 is 0 Å². The molecule has 0 aromatic heterocycles. The Hall–Kier alpha value is -0.120. The number of rotatable bonds is 10. The molecule has 0 saturated heterocycles. The third-order valence-corrected chi connectivity index (χ3v) is 2.67. The van der Waals surface area contributed by atoms with Gasteiger partial charge in [0.1, 0.15) is 0 Å². The molecule has 0 aromatic carbocycles. The van der Waals surface area contributed by atoms with Crippen LogP contribution in [-0.4, -0.2) is 37.0 Å². The van der Waals surface area contributed by atoms with Crippen molar-refractivity contribution in [3.63, 3.8) is 0 Å². The van der Waals surface area contributed by atoms with Crippen LogP contribution in [0.2, 0.25) is 0 Å². The van der Waals surface area contributed by atoms with Crippen molar-refractivity contribution in [2.45, 2.75) is 52.5 Å². The van der Waals surface area contributed by atoms with Crippen molar-refractivity contribution in [1.29, 1.82) is 0 Å². The standard InChI is InChI=1S/C13H29NO2/c1-5-14-13(4,11-15)8-6-7-9-16-10-12(2)3/h12,14-15H,5-11H2,1-4H3. The minimum atomic E-state index is -0.118.